The number of carbonyl (C=O) groups is 2. The number of nitrogens with zero attached hydrogens (tertiary/aromatic N) is 2. The molecular formula is C22H27N3O7. The van der Waals surface area contributed by atoms with E-state index in [1.54, 1.807) is 18.2 Å². The minimum Gasteiger partial charge on any atom is -0.493 e. The van der Waals surface area contributed by atoms with E-state index in [1.165, 1.54) is 27.3 Å². The van der Waals surface area contributed by atoms with Crippen LogP contribution < -0.4 is 26.5 Å². The Hall–Kier alpha value is -3.82. The first-order valence-electron chi connectivity index (χ1n) is 9.80. The van der Waals surface area contributed by atoms with Gasteiger partial charge >= 0.3 is 11.7 Å². The number of para-hydroxylation sites is 1. The summed E-state index contributed by atoms with van der Waals surface area (Å²) in [6.45, 7) is 3.25. The summed E-state index contributed by atoms with van der Waals surface area (Å²) in [6.07, 6.45) is 2.57. The molecule has 172 valence electrons. The van der Waals surface area contributed by atoms with Crippen molar-refractivity contribution in [2.75, 3.05) is 26.6 Å². The van der Waals surface area contributed by atoms with E-state index in [4.69, 9.17) is 19.9 Å². The molecule has 1 heterocycles. The largest absolute Gasteiger partial charge is 0.493 e. The number of methoxy groups -OCH3 is 2. The molecule has 1 aromatic carbocycles. The number of ether oxygens (including phenoxy) is 3. The summed E-state index contributed by atoms with van der Waals surface area (Å²) < 4.78 is 17.4. The summed E-state index contributed by atoms with van der Waals surface area (Å²) in [5.41, 5.74) is 4.66. The first kappa shape index (κ1) is 24.4. The Balaban J connectivity index is 2.21. The minimum absolute atomic E-state index is 0.0482. The van der Waals surface area contributed by atoms with E-state index in [2.05, 4.69) is 0 Å². The molecule has 0 unspecified atom stereocenters. The predicted octanol–water partition coefficient (Wildman–Crippen LogP) is 1.24. The standard InChI is InChI=1S/C22H27N3O7/c1-13(2)11-25-20(23)18(21(28)24(3)22(25)29)15(26)12-32-17(27)10-9-14-7-6-8-16(30-4)19(14)31-5/h6-10,13H,11-12,23H2,1-5H3. The van der Waals surface area contributed by atoms with Crippen LogP contribution in [-0.4, -0.2) is 41.7 Å². The van der Waals surface area contributed by atoms with Gasteiger partial charge in [0.15, 0.2) is 18.1 Å². The van der Waals surface area contributed by atoms with Crippen LogP contribution in [0, 0.1) is 5.92 Å². The summed E-state index contributed by atoms with van der Waals surface area (Å²) in [5.74, 6) is -0.896. The minimum atomic E-state index is -0.842. The normalized spacial score (nSPS) is 11.1. The number of hydrogen-bond acceptors (Lipinski definition) is 8. The van der Waals surface area contributed by atoms with Gasteiger partial charge in [0.25, 0.3) is 5.56 Å². The van der Waals surface area contributed by atoms with Crippen molar-refractivity contribution in [1.29, 1.82) is 0 Å². The number of esters is 1. The first-order valence-corrected chi connectivity index (χ1v) is 9.80. The van der Waals surface area contributed by atoms with Crippen LogP contribution in [0.5, 0.6) is 11.5 Å². The molecule has 0 amide bonds. The van der Waals surface area contributed by atoms with Gasteiger partial charge < -0.3 is 19.9 Å². The lowest BCUT2D eigenvalue weighted by Gasteiger charge is -2.16. The van der Waals surface area contributed by atoms with Crippen molar-refractivity contribution in [1.82, 2.24) is 9.13 Å². The Morgan fingerprint density at radius 1 is 1.16 bits per heavy atom. The molecule has 0 aliphatic heterocycles. The maximum atomic E-state index is 12.6. The second kappa shape index (κ2) is 10.5. The van der Waals surface area contributed by atoms with Crippen LogP contribution in [0.15, 0.2) is 33.9 Å². The third-order valence-electron chi connectivity index (χ3n) is 4.59. The Morgan fingerprint density at radius 3 is 2.44 bits per heavy atom. The number of nitrogen functional groups attached to an aromatic ring is 1. The molecule has 0 bridgehead atoms. The van der Waals surface area contributed by atoms with E-state index in [-0.39, 0.29) is 23.8 Å². The van der Waals surface area contributed by atoms with E-state index < -0.39 is 29.6 Å². The maximum absolute atomic E-state index is 12.6. The van der Waals surface area contributed by atoms with Gasteiger partial charge in [-0.15, -0.1) is 0 Å². The zero-order valence-electron chi connectivity index (χ0n) is 18.7. The molecule has 0 atom stereocenters. The fraction of sp³-hybridized carbons (Fsp3) is 0.364. The van der Waals surface area contributed by atoms with Crippen molar-refractivity contribution in [3.05, 3.63) is 56.2 Å². The van der Waals surface area contributed by atoms with E-state index in [1.807, 2.05) is 13.8 Å². The zero-order chi connectivity index (χ0) is 24.0. The van der Waals surface area contributed by atoms with Crippen LogP contribution in [0.2, 0.25) is 0 Å². The van der Waals surface area contributed by atoms with Gasteiger partial charge in [0.2, 0.25) is 5.78 Å². The second-order valence-corrected chi connectivity index (χ2v) is 7.36. The summed E-state index contributed by atoms with van der Waals surface area (Å²) in [5, 5.41) is 0. The molecule has 2 aromatic rings. The molecule has 10 nitrogen and oxygen atoms in total. The van der Waals surface area contributed by atoms with E-state index in [0.717, 1.165) is 15.2 Å². The average molecular weight is 445 g/mol. The predicted molar refractivity (Wildman–Crippen MR) is 119 cm³/mol. The van der Waals surface area contributed by atoms with Crippen molar-refractivity contribution in [2.45, 2.75) is 20.4 Å². The highest BCUT2D eigenvalue weighted by Gasteiger charge is 2.22. The van der Waals surface area contributed by atoms with Crippen LogP contribution in [0.1, 0.15) is 29.8 Å². The van der Waals surface area contributed by atoms with Crippen LogP contribution in [-0.2, 0) is 23.1 Å². The van der Waals surface area contributed by atoms with Crippen LogP contribution in [0.4, 0.5) is 5.82 Å². The first-order chi connectivity index (χ1) is 15.1. The number of ketones is 1. The molecule has 0 saturated heterocycles. The molecule has 0 aliphatic carbocycles. The van der Waals surface area contributed by atoms with Crippen molar-refractivity contribution in [2.24, 2.45) is 13.0 Å². The van der Waals surface area contributed by atoms with Crippen molar-refractivity contribution >= 4 is 23.6 Å². The van der Waals surface area contributed by atoms with Crippen molar-refractivity contribution in [3.63, 3.8) is 0 Å². The molecular weight excluding hydrogens is 418 g/mol. The Kier molecular flexibility index (Phi) is 8.00. The molecule has 10 heteroatoms. The quantitative estimate of drug-likeness (QED) is 0.346. The number of anilines is 1. The van der Waals surface area contributed by atoms with E-state index in [9.17, 15) is 19.2 Å². The SMILES string of the molecule is COc1cccc(C=CC(=O)OCC(=O)c2c(N)n(CC(C)C)c(=O)n(C)c2=O)c1OC. The van der Waals surface area contributed by atoms with Gasteiger partial charge in [-0.2, -0.15) is 0 Å². The molecule has 1 aromatic heterocycles. The van der Waals surface area contributed by atoms with Gasteiger partial charge in [0, 0.05) is 25.2 Å². The fourth-order valence-corrected chi connectivity index (χ4v) is 3.04. The van der Waals surface area contributed by atoms with Crippen LogP contribution in [0.3, 0.4) is 0 Å². The summed E-state index contributed by atoms with van der Waals surface area (Å²) >= 11 is 0. The zero-order valence-corrected chi connectivity index (χ0v) is 18.7. The molecule has 0 fully saturated rings. The Labute approximate surface area is 184 Å². The highest BCUT2D eigenvalue weighted by atomic mass is 16.5. The molecule has 0 radical (unpaired) electrons. The topological polar surface area (TPSA) is 132 Å². The molecule has 0 aliphatic rings. The van der Waals surface area contributed by atoms with Gasteiger partial charge in [-0.05, 0) is 18.1 Å². The Morgan fingerprint density at radius 2 is 1.84 bits per heavy atom. The fourth-order valence-electron chi connectivity index (χ4n) is 3.04. The third kappa shape index (κ3) is 5.26. The smallest absolute Gasteiger partial charge is 0.332 e. The molecule has 0 spiro atoms. The highest BCUT2D eigenvalue weighted by Crippen LogP contribution is 2.31. The number of aromatic nitrogens is 2. The highest BCUT2D eigenvalue weighted by molar-refractivity contribution is 6.02. The van der Waals surface area contributed by atoms with Crippen molar-refractivity contribution < 1.29 is 23.8 Å². The van der Waals surface area contributed by atoms with Crippen molar-refractivity contribution in [3.8, 4) is 11.5 Å². The monoisotopic (exact) mass is 445 g/mol. The van der Waals surface area contributed by atoms with Gasteiger partial charge in [0.1, 0.15) is 11.4 Å². The number of nitrogens with two attached hydrogens (primary N) is 1. The van der Waals surface area contributed by atoms with E-state index in [0.29, 0.717) is 17.1 Å². The summed E-state index contributed by atoms with van der Waals surface area (Å²) in [4.78, 5) is 49.5. The van der Waals surface area contributed by atoms with Gasteiger partial charge in [-0.25, -0.2) is 9.59 Å². The van der Waals surface area contributed by atoms with Crippen LogP contribution >= 0.6 is 0 Å². The molecule has 32 heavy (non-hydrogen) atoms. The molecule has 2 N–H and O–H groups in total. The number of benzene rings is 1. The number of Topliss-reactive ketones (excluding diaryl/α,β-unsaturated/α-hetero) is 1. The van der Waals surface area contributed by atoms with Gasteiger partial charge in [-0.1, -0.05) is 26.0 Å². The van der Waals surface area contributed by atoms with Gasteiger partial charge in [-0.3, -0.25) is 18.7 Å². The molecule has 2 rings (SSSR count). The molecule has 0 saturated carbocycles. The summed E-state index contributed by atoms with van der Waals surface area (Å²) in [6, 6.07) is 5.13. The second-order valence-electron chi connectivity index (χ2n) is 7.36. The van der Waals surface area contributed by atoms with Crippen LogP contribution in [0.25, 0.3) is 6.08 Å². The Bertz CT molecular complexity index is 1160. The lowest BCUT2D eigenvalue weighted by molar-refractivity contribution is -0.136. The number of hydrogen-bond donors (Lipinski definition) is 1. The van der Waals surface area contributed by atoms with Gasteiger partial charge in [0.05, 0.1) is 14.2 Å². The lowest BCUT2D eigenvalue weighted by Crippen LogP contribution is -2.43. The summed E-state index contributed by atoms with van der Waals surface area (Å²) in [7, 11) is 4.22. The van der Waals surface area contributed by atoms with E-state index >= 15 is 0 Å². The maximum Gasteiger partial charge on any atom is 0.332 e. The number of rotatable bonds is 9. The number of carbonyl (C=O) groups excluding carboxylic acids is 2. The third-order valence-corrected chi connectivity index (χ3v) is 4.59. The lowest BCUT2D eigenvalue weighted by atomic mass is 10.1. The average Bonchev–Trinajstić information content (AvgIpc) is 2.77.